The van der Waals surface area contributed by atoms with Crippen molar-refractivity contribution in [2.24, 2.45) is 0 Å². The number of thiophene rings is 1. The van der Waals surface area contributed by atoms with Crippen molar-refractivity contribution in [1.82, 2.24) is 9.55 Å². The van der Waals surface area contributed by atoms with Crippen molar-refractivity contribution in [3.63, 3.8) is 0 Å². The molecule has 0 unspecified atom stereocenters. The molecule has 0 aliphatic carbocycles. The Morgan fingerprint density at radius 3 is 2.79 bits per heavy atom. The Balaban J connectivity index is 1.80. The number of para-hydroxylation sites is 1. The van der Waals surface area contributed by atoms with Crippen LogP contribution in [0, 0.1) is 6.92 Å². The number of benzene rings is 1. The molecule has 3 nitrogen and oxygen atoms in total. The van der Waals surface area contributed by atoms with Crippen molar-refractivity contribution in [1.29, 1.82) is 0 Å². The molecule has 2 aromatic heterocycles. The van der Waals surface area contributed by atoms with E-state index in [1.807, 2.05) is 30.6 Å². The van der Waals surface area contributed by atoms with Gasteiger partial charge in [0.1, 0.15) is 0 Å². The summed E-state index contributed by atoms with van der Waals surface area (Å²) in [6.07, 6.45) is 3.79. The monoisotopic (exact) mass is 269 g/mol. The van der Waals surface area contributed by atoms with Crippen molar-refractivity contribution in [3.8, 4) is 5.69 Å². The highest BCUT2D eigenvalue weighted by molar-refractivity contribution is 7.10. The van der Waals surface area contributed by atoms with Gasteiger partial charge in [-0.05, 0) is 36.1 Å². The van der Waals surface area contributed by atoms with E-state index >= 15 is 0 Å². The molecule has 3 rings (SSSR count). The molecule has 3 aromatic rings. The molecule has 0 saturated heterocycles. The molecule has 0 fully saturated rings. The number of nitrogens with zero attached hydrogens (tertiary/aromatic N) is 2. The molecule has 0 aliphatic heterocycles. The molecule has 1 aromatic carbocycles. The molecule has 0 radical (unpaired) electrons. The molecule has 0 bridgehead atoms. The summed E-state index contributed by atoms with van der Waals surface area (Å²) >= 11 is 1.77. The summed E-state index contributed by atoms with van der Waals surface area (Å²) in [7, 11) is 0. The molecule has 0 atom stereocenters. The predicted octanol–water partition coefficient (Wildman–Crippen LogP) is 3.85. The van der Waals surface area contributed by atoms with Gasteiger partial charge in [0.05, 0.1) is 6.54 Å². The van der Waals surface area contributed by atoms with Crippen molar-refractivity contribution in [2.45, 2.75) is 13.5 Å². The van der Waals surface area contributed by atoms with Crippen molar-refractivity contribution >= 4 is 17.3 Å². The van der Waals surface area contributed by atoms with Crippen LogP contribution in [-0.2, 0) is 6.54 Å². The summed E-state index contributed by atoms with van der Waals surface area (Å²) in [4.78, 5) is 5.73. The van der Waals surface area contributed by atoms with Crippen LogP contribution in [0.25, 0.3) is 5.69 Å². The summed E-state index contributed by atoms with van der Waals surface area (Å²) in [5.41, 5.74) is 2.45. The molecule has 0 amide bonds. The highest BCUT2D eigenvalue weighted by Crippen LogP contribution is 2.19. The first kappa shape index (κ1) is 12.0. The highest BCUT2D eigenvalue weighted by atomic mass is 32.1. The van der Waals surface area contributed by atoms with Gasteiger partial charge in [-0.25, -0.2) is 4.98 Å². The van der Waals surface area contributed by atoms with E-state index in [1.165, 1.54) is 10.4 Å². The van der Waals surface area contributed by atoms with Gasteiger partial charge in [0, 0.05) is 23.0 Å². The Labute approximate surface area is 116 Å². The van der Waals surface area contributed by atoms with Crippen LogP contribution >= 0.6 is 11.3 Å². The number of imidazole rings is 1. The average Bonchev–Trinajstić information content (AvgIpc) is 3.06. The Bertz CT molecular complexity index is 655. The Kier molecular flexibility index (Phi) is 3.33. The number of anilines is 1. The van der Waals surface area contributed by atoms with Gasteiger partial charge in [-0.1, -0.05) is 18.2 Å². The van der Waals surface area contributed by atoms with Gasteiger partial charge >= 0.3 is 0 Å². The maximum Gasteiger partial charge on any atom is 0.207 e. The third kappa shape index (κ3) is 2.53. The number of rotatable bonds is 4. The molecule has 1 N–H and O–H groups in total. The summed E-state index contributed by atoms with van der Waals surface area (Å²) in [5.74, 6) is 0.874. The zero-order valence-corrected chi connectivity index (χ0v) is 11.5. The zero-order valence-electron chi connectivity index (χ0n) is 10.7. The van der Waals surface area contributed by atoms with E-state index < -0.39 is 0 Å². The lowest BCUT2D eigenvalue weighted by Crippen LogP contribution is -2.05. The third-order valence-corrected chi connectivity index (χ3v) is 4.07. The Hall–Kier alpha value is -2.07. The first-order chi connectivity index (χ1) is 9.34. The average molecular weight is 269 g/mol. The third-order valence-electron chi connectivity index (χ3n) is 3.05. The van der Waals surface area contributed by atoms with Gasteiger partial charge in [0.25, 0.3) is 0 Å². The van der Waals surface area contributed by atoms with E-state index in [2.05, 4.69) is 45.4 Å². The molecule has 19 heavy (non-hydrogen) atoms. The molecule has 4 heteroatoms. The van der Waals surface area contributed by atoms with E-state index in [-0.39, 0.29) is 0 Å². The van der Waals surface area contributed by atoms with Crippen molar-refractivity contribution < 1.29 is 0 Å². The maximum absolute atomic E-state index is 4.38. The second-order valence-electron chi connectivity index (χ2n) is 4.34. The van der Waals surface area contributed by atoms with Crippen LogP contribution in [0.5, 0.6) is 0 Å². The molecular weight excluding hydrogens is 254 g/mol. The second kappa shape index (κ2) is 5.28. The van der Waals surface area contributed by atoms with Gasteiger partial charge in [0.15, 0.2) is 0 Å². The molecule has 2 heterocycles. The largest absolute Gasteiger partial charge is 0.350 e. The van der Waals surface area contributed by atoms with Gasteiger partial charge in [-0.15, -0.1) is 11.3 Å². The molecule has 0 aliphatic rings. The van der Waals surface area contributed by atoms with Crippen LogP contribution in [0.2, 0.25) is 0 Å². The minimum absolute atomic E-state index is 0.813. The molecular formula is C15H15N3S. The number of aromatic nitrogens is 2. The summed E-state index contributed by atoms with van der Waals surface area (Å²) in [6.45, 7) is 2.95. The van der Waals surface area contributed by atoms with Gasteiger partial charge in [-0.2, -0.15) is 0 Å². The smallest absolute Gasteiger partial charge is 0.207 e. The number of hydrogen-bond donors (Lipinski definition) is 1. The lowest BCUT2D eigenvalue weighted by Gasteiger charge is -2.09. The summed E-state index contributed by atoms with van der Waals surface area (Å²) < 4.78 is 2.06. The first-order valence-corrected chi connectivity index (χ1v) is 7.08. The first-order valence-electron chi connectivity index (χ1n) is 6.20. The van der Waals surface area contributed by atoms with Gasteiger partial charge < -0.3 is 5.32 Å². The van der Waals surface area contributed by atoms with Crippen LogP contribution in [0.15, 0.2) is 54.2 Å². The van der Waals surface area contributed by atoms with E-state index in [1.54, 1.807) is 11.3 Å². The fourth-order valence-electron chi connectivity index (χ4n) is 1.98. The highest BCUT2D eigenvalue weighted by Gasteiger charge is 2.05. The van der Waals surface area contributed by atoms with Crippen LogP contribution in [0.4, 0.5) is 5.95 Å². The fourth-order valence-corrected chi connectivity index (χ4v) is 2.82. The summed E-state index contributed by atoms with van der Waals surface area (Å²) in [5, 5.41) is 5.52. The SMILES string of the molecule is Cc1ccsc1CNc1nccn1-c1ccccc1. The lowest BCUT2D eigenvalue weighted by molar-refractivity contribution is 1.01. The molecule has 0 saturated carbocycles. The van der Waals surface area contributed by atoms with Crippen LogP contribution in [0.3, 0.4) is 0 Å². The van der Waals surface area contributed by atoms with Crippen LogP contribution in [-0.4, -0.2) is 9.55 Å². The fraction of sp³-hybridized carbons (Fsp3) is 0.133. The van der Waals surface area contributed by atoms with Crippen LogP contribution < -0.4 is 5.32 Å². The minimum atomic E-state index is 0.813. The normalized spacial score (nSPS) is 10.6. The quantitative estimate of drug-likeness (QED) is 0.779. The number of aryl methyl sites for hydroxylation is 1. The summed E-state index contributed by atoms with van der Waals surface area (Å²) in [6, 6.07) is 12.4. The zero-order chi connectivity index (χ0) is 13.1. The Morgan fingerprint density at radius 1 is 1.21 bits per heavy atom. The minimum Gasteiger partial charge on any atom is -0.350 e. The van der Waals surface area contributed by atoms with E-state index in [9.17, 15) is 0 Å². The lowest BCUT2D eigenvalue weighted by atomic mass is 10.3. The molecule has 0 spiro atoms. The standard InChI is InChI=1S/C15H15N3S/c1-12-7-10-19-14(12)11-17-15-16-8-9-18(15)13-5-3-2-4-6-13/h2-10H,11H2,1H3,(H,16,17). The van der Waals surface area contributed by atoms with Crippen LogP contribution in [0.1, 0.15) is 10.4 Å². The van der Waals surface area contributed by atoms with Crippen molar-refractivity contribution in [3.05, 3.63) is 64.6 Å². The van der Waals surface area contributed by atoms with E-state index in [0.717, 1.165) is 18.2 Å². The van der Waals surface area contributed by atoms with Gasteiger partial charge in [-0.3, -0.25) is 4.57 Å². The van der Waals surface area contributed by atoms with Gasteiger partial charge in [0.2, 0.25) is 5.95 Å². The van der Waals surface area contributed by atoms with E-state index in [4.69, 9.17) is 0 Å². The Morgan fingerprint density at radius 2 is 2.05 bits per heavy atom. The van der Waals surface area contributed by atoms with E-state index in [0.29, 0.717) is 0 Å². The maximum atomic E-state index is 4.38. The second-order valence-corrected chi connectivity index (χ2v) is 5.34. The number of nitrogens with one attached hydrogen (secondary N) is 1. The number of hydrogen-bond acceptors (Lipinski definition) is 3. The molecule has 96 valence electrons. The predicted molar refractivity (Wildman–Crippen MR) is 79.9 cm³/mol. The van der Waals surface area contributed by atoms with Crippen molar-refractivity contribution in [2.75, 3.05) is 5.32 Å². The topological polar surface area (TPSA) is 29.9 Å².